The van der Waals surface area contributed by atoms with Crippen molar-refractivity contribution in [3.05, 3.63) is 22.4 Å². The lowest BCUT2D eigenvalue weighted by molar-refractivity contribution is 0.138. The van der Waals surface area contributed by atoms with E-state index in [0.717, 1.165) is 17.9 Å². The van der Waals surface area contributed by atoms with Crippen LogP contribution < -0.4 is 4.74 Å². The zero-order chi connectivity index (χ0) is 11.6. The van der Waals surface area contributed by atoms with E-state index >= 15 is 0 Å². The maximum Gasteiger partial charge on any atom is 0.123 e. The average Bonchev–Trinajstić information content (AvgIpc) is 2.78. The van der Waals surface area contributed by atoms with Gasteiger partial charge in [0.2, 0.25) is 0 Å². The first-order valence-electron chi connectivity index (χ1n) is 5.11. The van der Waals surface area contributed by atoms with Crippen molar-refractivity contribution in [3.63, 3.8) is 0 Å². The van der Waals surface area contributed by atoms with Crippen LogP contribution in [0.1, 0.15) is 12.1 Å². The summed E-state index contributed by atoms with van der Waals surface area (Å²) in [5, 5.41) is 9.55. The Morgan fingerprint density at radius 3 is 3.00 bits per heavy atom. The van der Waals surface area contributed by atoms with E-state index in [1.54, 1.807) is 13.2 Å². The highest BCUT2D eigenvalue weighted by molar-refractivity contribution is 9.10. The molecular formula is C11H14BrNO3. The second-order valence-electron chi connectivity index (χ2n) is 3.96. The summed E-state index contributed by atoms with van der Waals surface area (Å²) in [7, 11) is 1.61. The van der Waals surface area contributed by atoms with Gasteiger partial charge in [0.05, 0.1) is 31.4 Å². The number of methoxy groups -OCH3 is 1. The minimum Gasteiger partial charge on any atom is -0.497 e. The van der Waals surface area contributed by atoms with Gasteiger partial charge in [-0.1, -0.05) is 0 Å². The van der Waals surface area contributed by atoms with E-state index in [4.69, 9.17) is 9.47 Å². The highest BCUT2D eigenvalue weighted by atomic mass is 79.9. The highest BCUT2D eigenvalue weighted by Crippen LogP contribution is 2.34. The molecule has 1 aromatic rings. The summed E-state index contributed by atoms with van der Waals surface area (Å²) in [6.07, 6.45) is 0.788. The summed E-state index contributed by atoms with van der Waals surface area (Å²) in [4.78, 5) is 4.40. The maximum atomic E-state index is 9.55. The fourth-order valence-corrected chi connectivity index (χ4v) is 2.29. The molecule has 1 N–H and O–H groups in total. The molecule has 1 saturated heterocycles. The summed E-state index contributed by atoms with van der Waals surface area (Å²) >= 11 is 3.34. The van der Waals surface area contributed by atoms with E-state index in [2.05, 4.69) is 20.9 Å². The molecule has 2 rings (SSSR count). The molecule has 0 radical (unpaired) electrons. The lowest BCUT2D eigenvalue weighted by atomic mass is 9.84. The van der Waals surface area contributed by atoms with Gasteiger partial charge in [-0.15, -0.1) is 0 Å². The van der Waals surface area contributed by atoms with E-state index in [1.807, 2.05) is 6.07 Å². The van der Waals surface area contributed by atoms with Crippen LogP contribution in [-0.2, 0) is 10.2 Å². The predicted molar refractivity (Wildman–Crippen MR) is 62.7 cm³/mol. The fraction of sp³-hybridized carbons (Fsp3) is 0.545. The monoisotopic (exact) mass is 287 g/mol. The topological polar surface area (TPSA) is 51.6 Å². The van der Waals surface area contributed by atoms with Crippen LogP contribution in [0.4, 0.5) is 0 Å². The molecule has 1 aromatic heterocycles. The zero-order valence-electron chi connectivity index (χ0n) is 9.07. The van der Waals surface area contributed by atoms with Gasteiger partial charge in [0.25, 0.3) is 0 Å². The zero-order valence-corrected chi connectivity index (χ0v) is 10.7. The molecule has 0 amide bonds. The van der Waals surface area contributed by atoms with Crippen molar-refractivity contribution in [1.82, 2.24) is 4.98 Å². The van der Waals surface area contributed by atoms with Crippen LogP contribution in [0.2, 0.25) is 0 Å². The van der Waals surface area contributed by atoms with Crippen molar-refractivity contribution < 1.29 is 14.6 Å². The molecule has 4 nitrogen and oxygen atoms in total. The number of rotatable bonds is 3. The smallest absolute Gasteiger partial charge is 0.123 e. The van der Waals surface area contributed by atoms with E-state index in [9.17, 15) is 5.11 Å². The number of aliphatic hydroxyl groups excluding tert-OH is 1. The Balaban J connectivity index is 2.41. The molecule has 0 unspecified atom stereocenters. The third-order valence-electron chi connectivity index (χ3n) is 2.95. The van der Waals surface area contributed by atoms with E-state index in [-0.39, 0.29) is 12.0 Å². The fourth-order valence-electron chi connectivity index (χ4n) is 1.88. The third kappa shape index (κ3) is 2.07. The molecule has 2 heterocycles. The Morgan fingerprint density at radius 1 is 1.62 bits per heavy atom. The van der Waals surface area contributed by atoms with Gasteiger partial charge in [-0.05, 0) is 22.4 Å². The minimum atomic E-state index is -0.378. The minimum absolute atomic E-state index is 0.0413. The van der Waals surface area contributed by atoms with Crippen LogP contribution in [0.5, 0.6) is 5.75 Å². The molecule has 88 valence electrons. The Bertz CT molecular complexity index is 377. The van der Waals surface area contributed by atoms with Gasteiger partial charge < -0.3 is 14.6 Å². The van der Waals surface area contributed by atoms with Gasteiger partial charge in [-0.25, -0.2) is 4.98 Å². The molecule has 1 atom stereocenters. The summed E-state index contributed by atoms with van der Waals surface area (Å²) in [6.45, 7) is 1.22. The van der Waals surface area contributed by atoms with Crippen molar-refractivity contribution in [2.24, 2.45) is 0 Å². The van der Waals surface area contributed by atoms with Crippen molar-refractivity contribution in [1.29, 1.82) is 0 Å². The molecular weight excluding hydrogens is 274 g/mol. The third-order valence-corrected chi connectivity index (χ3v) is 3.36. The van der Waals surface area contributed by atoms with Gasteiger partial charge in [0, 0.05) is 18.7 Å². The number of pyridine rings is 1. The van der Waals surface area contributed by atoms with Gasteiger partial charge in [-0.2, -0.15) is 0 Å². The number of aliphatic hydroxyl groups is 1. The van der Waals surface area contributed by atoms with Crippen LogP contribution in [-0.4, -0.2) is 37.0 Å². The van der Waals surface area contributed by atoms with Crippen molar-refractivity contribution in [2.45, 2.75) is 11.8 Å². The number of ether oxygens (including phenoxy) is 2. The molecule has 0 saturated carbocycles. The Morgan fingerprint density at radius 2 is 2.44 bits per heavy atom. The SMILES string of the molecule is COc1cc(Br)nc([C@@]2(CO)CCOC2)c1. The van der Waals surface area contributed by atoms with Crippen LogP contribution in [0, 0.1) is 0 Å². The first-order valence-corrected chi connectivity index (χ1v) is 5.90. The highest BCUT2D eigenvalue weighted by Gasteiger charge is 2.38. The number of halogens is 1. The van der Waals surface area contributed by atoms with E-state index in [0.29, 0.717) is 17.8 Å². The second-order valence-corrected chi connectivity index (χ2v) is 4.77. The molecule has 0 aliphatic carbocycles. The summed E-state index contributed by atoms with van der Waals surface area (Å²) in [5.74, 6) is 0.733. The van der Waals surface area contributed by atoms with Crippen LogP contribution in [0.15, 0.2) is 16.7 Å². The lowest BCUT2D eigenvalue weighted by Gasteiger charge is -2.24. The largest absolute Gasteiger partial charge is 0.497 e. The average molecular weight is 288 g/mol. The van der Waals surface area contributed by atoms with Gasteiger partial charge in [0.15, 0.2) is 0 Å². The van der Waals surface area contributed by atoms with E-state index < -0.39 is 0 Å². The predicted octanol–water partition coefficient (Wildman–Crippen LogP) is 1.50. The standard InChI is InChI=1S/C11H14BrNO3/c1-15-8-4-9(13-10(12)5-8)11(6-14)2-3-16-7-11/h4-5,14H,2-3,6-7H2,1H3/t11-/m1/s1. The number of hydrogen-bond donors (Lipinski definition) is 1. The maximum absolute atomic E-state index is 9.55. The van der Waals surface area contributed by atoms with Crippen LogP contribution >= 0.6 is 15.9 Å². The quantitative estimate of drug-likeness (QED) is 0.856. The summed E-state index contributed by atoms with van der Waals surface area (Å²) in [6, 6.07) is 3.65. The summed E-state index contributed by atoms with van der Waals surface area (Å²) < 4.78 is 11.3. The molecule has 0 spiro atoms. The number of nitrogens with zero attached hydrogens (tertiary/aromatic N) is 1. The molecule has 5 heteroatoms. The molecule has 16 heavy (non-hydrogen) atoms. The number of hydrogen-bond acceptors (Lipinski definition) is 4. The van der Waals surface area contributed by atoms with Crippen LogP contribution in [0.3, 0.4) is 0 Å². The van der Waals surface area contributed by atoms with Crippen molar-refractivity contribution in [3.8, 4) is 5.75 Å². The Kier molecular flexibility index (Phi) is 3.47. The van der Waals surface area contributed by atoms with E-state index in [1.165, 1.54) is 0 Å². The number of aromatic nitrogens is 1. The van der Waals surface area contributed by atoms with Gasteiger partial charge in [0.1, 0.15) is 10.4 Å². The molecule has 1 aliphatic rings. The molecule has 0 aromatic carbocycles. The van der Waals surface area contributed by atoms with Crippen molar-refractivity contribution >= 4 is 15.9 Å². The first-order chi connectivity index (χ1) is 7.70. The van der Waals surface area contributed by atoms with Gasteiger partial charge in [-0.3, -0.25) is 0 Å². The Labute approximate surface area is 103 Å². The lowest BCUT2D eigenvalue weighted by Crippen LogP contribution is -2.32. The molecule has 1 aliphatic heterocycles. The molecule has 0 bridgehead atoms. The first kappa shape index (κ1) is 11.8. The molecule has 1 fully saturated rings. The summed E-state index contributed by atoms with van der Waals surface area (Å²) in [5.41, 5.74) is 0.440. The Hall–Kier alpha value is -0.650. The second kappa shape index (κ2) is 4.69. The van der Waals surface area contributed by atoms with Gasteiger partial charge >= 0.3 is 0 Å². The normalized spacial score (nSPS) is 24.7. The van der Waals surface area contributed by atoms with Crippen LogP contribution in [0.25, 0.3) is 0 Å². The van der Waals surface area contributed by atoms with Crippen molar-refractivity contribution in [2.75, 3.05) is 26.9 Å².